The van der Waals surface area contributed by atoms with Crippen molar-refractivity contribution in [1.82, 2.24) is 0 Å². The van der Waals surface area contributed by atoms with Gasteiger partial charge in [0, 0.05) is 45.6 Å². The maximum Gasteiger partial charge on any atom is 0.257 e. The van der Waals surface area contributed by atoms with Gasteiger partial charge in [-0.3, -0.25) is 4.79 Å². The Morgan fingerprint density at radius 2 is 1.70 bits per heavy atom. The van der Waals surface area contributed by atoms with Gasteiger partial charge >= 0.3 is 0 Å². The van der Waals surface area contributed by atoms with Gasteiger partial charge in [0.15, 0.2) is 11.6 Å². The van der Waals surface area contributed by atoms with Gasteiger partial charge in [-0.05, 0) is 59.1 Å². The Balaban J connectivity index is 1.63. The van der Waals surface area contributed by atoms with Gasteiger partial charge in [0.05, 0.1) is 13.2 Å². The number of anilines is 1. The van der Waals surface area contributed by atoms with Gasteiger partial charge in [-0.1, -0.05) is 81.7 Å². The summed E-state index contributed by atoms with van der Waals surface area (Å²) in [6.07, 6.45) is -0.0822. The monoisotopic (exact) mass is 639 g/mol. The molecule has 0 spiro atoms. The van der Waals surface area contributed by atoms with Crippen LogP contribution >= 0.6 is 15.9 Å². The van der Waals surface area contributed by atoms with Crippen LogP contribution in [0.5, 0.6) is 5.75 Å². The Hall–Kier alpha value is -4.63. The average Bonchev–Trinajstić information content (AvgIpc) is 3.42. The predicted molar refractivity (Wildman–Crippen MR) is 169 cm³/mol. The average molecular weight is 641 g/mol. The lowest BCUT2D eigenvalue weighted by Crippen LogP contribution is -2.47. The number of ether oxygens (including phenoxy) is 2. The van der Waals surface area contributed by atoms with Crippen LogP contribution < -0.4 is 10.1 Å². The highest BCUT2D eigenvalue weighted by molar-refractivity contribution is 9.10. The maximum atomic E-state index is 14.5. The Morgan fingerprint density at radius 3 is 2.42 bits per heavy atom. The number of amides is 1. The van der Waals surface area contributed by atoms with E-state index in [1.54, 1.807) is 0 Å². The summed E-state index contributed by atoms with van der Waals surface area (Å²) in [5.41, 5.74) is 11.3. The van der Waals surface area contributed by atoms with Crippen LogP contribution in [0.4, 0.5) is 5.69 Å². The van der Waals surface area contributed by atoms with E-state index in [2.05, 4.69) is 31.3 Å². The van der Waals surface area contributed by atoms with Gasteiger partial charge in [-0.25, -0.2) is 4.99 Å². The Bertz CT molecular complexity index is 1640. The van der Waals surface area contributed by atoms with E-state index in [4.69, 9.17) is 25.1 Å². The van der Waals surface area contributed by atoms with E-state index >= 15 is 0 Å². The van der Waals surface area contributed by atoms with Gasteiger partial charge in [-0.15, -0.1) is 0 Å². The minimum Gasteiger partial charge on any atom is -0.494 e. The van der Waals surface area contributed by atoms with Crippen LogP contribution in [0, 0.1) is 0 Å². The zero-order valence-corrected chi connectivity index (χ0v) is 24.9. The van der Waals surface area contributed by atoms with Gasteiger partial charge in [0.2, 0.25) is 5.90 Å². The highest BCUT2D eigenvalue weighted by Gasteiger charge is 2.54. The Labute approximate surface area is 258 Å². The molecule has 9 nitrogen and oxygen atoms in total. The van der Waals surface area contributed by atoms with Crippen LogP contribution in [-0.2, 0) is 22.5 Å². The second-order valence-electron chi connectivity index (χ2n) is 9.97. The van der Waals surface area contributed by atoms with E-state index in [-0.39, 0.29) is 25.5 Å². The summed E-state index contributed by atoms with van der Waals surface area (Å²) in [7, 11) is 0. The number of aliphatic hydroxyl groups is 1. The standard InChI is InChI=1S/C33H30BrN5O4/c34-29-14-7-6-13-28(29)30-33(32(41)37-26-11-2-1-3-12-26,21-24-9-4-5-10-25(24)22-36-39-35)38-31(43-30)23-15-17-27(18-16-23)42-20-8-19-40/h1-7,9-18,30,40H,8,19-22H2,(H,37,41)/t30-,33-/m1/s1. The largest absolute Gasteiger partial charge is 0.494 e. The number of aliphatic imine (C=N–C) groups is 1. The molecule has 4 aromatic rings. The normalized spacial score (nSPS) is 17.3. The third kappa shape index (κ3) is 6.89. The molecule has 10 heteroatoms. The molecule has 5 rings (SSSR count). The minimum absolute atomic E-state index is 0.0539. The molecular weight excluding hydrogens is 610 g/mol. The smallest absolute Gasteiger partial charge is 0.257 e. The summed E-state index contributed by atoms with van der Waals surface area (Å²) in [5.74, 6) is 0.633. The summed E-state index contributed by atoms with van der Waals surface area (Å²) in [6.45, 7) is 0.589. The highest BCUT2D eigenvalue weighted by atomic mass is 79.9. The molecule has 1 aliphatic heterocycles. The number of azide groups is 1. The number of hydrogen-bond donors (Lipinski definition) is 2. The number of carbonyl (C=O) groups is 1. The first-order chi connectivity index (χ1) is 21.0. The van der Waals surface area contributed by atoms with Crippen LogP contribution in [0.25, 0.3) is 10.4 Å². The van der Waals surface area contributed by atoms with Crippen LogP contribution in [0.1, 0.15) is 34.8 Å². The number of aliphatic hydroxyl groups excluding tert-OH is 1. The fraction of sp³-hybridized carbons (Fsp3) is 0.212. The molecule has 1 heterocycles. The zero-order chi connectivity index (χ0) is 30.1. The Morgan fingerprint density at radius 1 is 1.00 bits per heavy atom. The van der Waals surface area contributed by atoms with Crippen molar-refractivity contribution in [2.24, 2.45) is 10.1 Å². The molecule has 0 aromatic heterocycles. The molecule has 0 radical (unpaired) electrons. The Kier molecular flexibility index (Phi) is 9.73. The topological polar surface area (TPSA) is 129 Å². The second kappa shape index (κ2) is 14.0. The maximum absolute atomic E-state index is 14.5. The fourth-order valence-electron chi connectivity index (χ4n) is 4.99. The van der Waals surface area contributed by atoms with Gasteiger partial charge in [0.1, 0.15) is 5.75 Å². The fourth-order valence-corrected chi connectivity index (χ4v) is 5.48. The number of rotatable bonds is 12. The lowest BCUT2D eigenvalue weighted by atomic mass is 9.80. The van der Waals surface area contributed by atoms with Crippen molar-refractivity contribution in [3.05, 3.63) is 140 Å². The quantitative estimate of drug-likeness (QED) is 0.0737. The number of carbonyl (C=O) groups excluding carboxylic acids is 1. The molecule has 4 aromatic carbocycles. The molecule has 0 bridgehead atoms. The number of para-hydroxylation sites is 1. The summed E-state index contributed by atoms with van der Waals surface area (Å²) >= 11 is 3.67. The van der Waals surface area contributed by atoms with Crippen molar-refractivity contribution < 1.29 is 19.4 Å². The van der Waals surface area contributed by atoms with Crippen molar-refractivity contribution in [1.29, 1.82) is 0 Å². The van der Waals surface area contributed by atoms with E-state index in [0.717, 1.165) is 21.2 Å². The molecule has 1 aliphatic rings. The van der Waals surface area contributed by atoms with E-state index in [1.165, 1.54) is 0 Å². The molecule has 0 unspecified atom stereocenters. The highest BCUT2D eigenvalue weighted by Crippen LogP contribution is 2.45. The second-order valence-corrected chi connectivity index (χ2v) is 10.8. The van der Waals surface area contributed by atoms with Gasteiger partial charge in [-0.2, -0.15) is 0 Å². The van der Waals surface area contributed by atoms with Gasteiger partial charge in [0.25, 0.3) is 5.91 Å². The first-order valence-corrected chi connectivity index (χ1v) is 14.6. The molecule has 0 aliphatic carbocycles. The predicted octanol–water partition coefficient (Wildman–Crippen LogP) is 7.16. The minimum atomic E-state index is -1.43. The summed E-state index contributed by atoms with van der Waals surface area (Å²) in [4.78, 5) is 22.5. The molecule has 0 saturated heterocycles. The molecule has 43 heavy (non-hydrogen) atoms. The van der Waals surface area contributed by atoms with Crippen molar-refractivity contribution in [2.75, 3.05) is 18.5 Å². The summed E-state index contributed by atoms with van der Waals surface area (Å²) in [6, 6.07) is 31.7. The lowest BCUT2D eigenvalue weighted by molar-refractivity contribution is -0.123. The lowest BCUT2D eigenvalue weighted by Gasteiger charge is -2.32. The van der Waals surface area contributed by atoms with Crippen molar-refractivity contribution >= 4 is 33.4 Å². The van der Waals surface area contributed by atoms with E-state index in [9.17, 15) is 4.79 Å². The molecule has 2 atom stereocenters. The summed E-state index contributed by atoms with van der Waals surface area (Å²) in [5, 5.41) is 15.9. The van der Waals surface area contributed by atoms with E-state index in [1.807, 2.05) is 103 Å². The summed E-state index contributed by atoms with van der Waals surface area (Å²) < 4.78 is 13.1. The van der Waals surface area contributed by atoms with Crippen LogP contribution in [0.2, 0.25) is 0 Å². The van der Waals surface area contributed by atoms with E-state index in [0.29, 0.717) is 35.9 Å². The SMILES string of the molecule is [N-]=[N+]=NCc1ccccc1C[C@@]1(C(=O)Nc2ccccc2)N=C(c2ccc(OCCCO)cc2)O[C@@H]1c1ccccc1Br. The zero-order valence-electron chi connectivity index (χ0n) is 23.3. The molecule has 0 saturated carbocycles. The van der Waals surface area contributed by atoms with Crippen LogP contribution in [-0.4, -0.2) is 35.7 Å². The van der Waals surface area contributed by atoms with Crippen molar-refractivity contribution in [3.8, 4) is 5.75 Å². The first kappa shape index (κ1) is 29.8. The molecule has 2 N–H and O–H groups in total. The van der Waals surface area contributed by atoms with Crippen LogP contribution in [0.3, 0.4) is 0 Å². The van der Waals surface area contributed by atoms with Gasteiger partial charge < -0.3 is 19.9 Å². The third-order valence-electron chi connectivity index (χ3n) is 7.13. The van der Waals surface area contributed by atoms with E-state index < -0.39 is 11.6 Å². The molecule has 218 valence electrons. The molecule has 1 amide bonds. The number of hydrogen-bond acceptors (Lipinski definition) is 6. The number of benzene rings is 4. The molecule has 0 fully saturated rings. The number of halogens is 1. The number of nitrogens with one attached hydrogen (secondary N) is 1. The first-order valence-electron chi connectivity index (χ1n) is 13.8. The van der Waals surface area contributed by atoms with Crippen molar-refractivity contribution in [3.63, 3.8) is 0 Å². The molecular formula is C33H30BrN5O4. The van der Waals surface area contributed by atoms with Crippen molar-refractivity contribution in [2.45, 2.75) is 31.0 Å². The van der Waals surface area contributed by atoms with Crippen LogP contribution in [0.15, 0.2) is 118 Å². The number of nitrogens with zero attached hydrogens (tertiary/aromatic N) is 4. The third-order valence-corrected chi connectivity index (χ3v) is 7.85.